The first-order chi connectivity index (χ1) is 67.6. The number of furan rings is 1. The largest absolute Gasteiger partial charge is 0.467 e. The SMILES string of the molecule is CC.CC.CC.CC.CC.CC.CC.CC.Cc1cc2[se]c(C)cc2[se]1.Cc1cc2cc3sc(C)cc3cc2s1.Cc1cc2sc(C)cc2s1.Cc1ccc(C)[se]1.Cc1ccc(C)n1C.Cc1ccc(C)o1.Cc1ccc(C)s1.Cc1ccc2c(c1)C(C)(C)c1cc(C)ccc1-2.Cn1c2ccccc2c2ccccc21.c1ccc2cc3ccccc3cc2c1.c1ccc2ccccc2c1.c1ccccc1. The summed E-state index contributed by atoms with van der Waals surface area (Å²) in [7, 11) is 4.19. The summed E-state index contributed by atoms with van der Waals surface area (Å²) in [5.74, 6) is 1.97. The quantitative estimate of drug-likeness (QED) is 0.110. The average molecular weight is 2150 g/mol. The number of rotatable bonds is 0. The molecule has 0 unspecified atom stereocenters. The van der Waals surface area contributed by atoms with Gasteiger partial charge < -0.3 is 13.6 Å². The Morgan fingerprint density at radius 2 is 0.529 bits per heavy atom. The number of nitrogens with zero attached hydrogens (tertiary/aromatic N) is 2. The van der Waals surface area contributed by atoms with E-state index in [0.717, 1.165) is 11.5 Å². The van der Waals surface area contributed by atoms with Crippen LogP contribution in [-0.2, 0) is 19.5 Å². The van der Waals surface area contributed by atoms with Crippen LogP contribution < -0.4 is 0 Å². The predicted molar refractivity (Wildman–Crippen MR) is 649 cm³/mol. The van der Waals surface area contributed by atoms with Crippen molar-refractivity contribution in [2.75, 3.05) is 0 Å². The Morgan fingerprint density at radius 3 is 0.807 bits per heavy atom. The normalized spacial score (nSPS) is 10.2. The molecule has 0 fully saturated rings. The van der Waals surface area contributed by atoms with Crippen molar-refractivity contribution in [2.45, 2.75) is 241 Å². The van der Waals surface area contributed by atoms with Gasteiger partial charge in [-0.15, -0.1) is 56.7 Å². The van der Waals surface area contributed by atoms with Crippen molar-refractivity contribution < 1.29 is 4.42 Å². The minimum absolute atomic E-state index is 0.142. The summed E-state index contributed by atoms with van der Waals surface area (Å²) in [5.41, 5.74) is 13.8. The topological polar surface area (TPSA) is 23.0 Å². The smallest absolute Gasteiger partial charge is 0.101 e. The Labute approximate surface area is 883 Å². The molecule has 11 heterocycles. The summed E-state index contributed by atoms with van der Waals surface area (Å²) in [6.45, 7) is 70.9. The second-order valence-corrected chi connectivity index (χ2v) is 47.2. The molecule has 1 aliphatic rings. The van der Waals surface area contributed by atoms with Gasteiger partial charge in [0.1, 0.15) is 11.5 Å². The van der Waals surface area contributed by atoms with Gasteiger partial charge >= 0.3 is 122 Å². The third-order valence-corrected chi connectivity index (χ3v) is 33.1. The number of hydrogen-bond acceptors (Lipinski definition) is 6. The number of aryl methyl sites for hydroxylation is 17. The molecule has 0 atom stereocenters. The van der Waals surface area contributed by atoms with Gasteiger partial charge in [0.15, 0.2) is 0 Å². The van der Waals surface area contributed by atoms with Crippen LogP contribution in [-0.4, -0.2) is 52.6 Å². The molecule has 11 aromatic carbocycles. The standard InChI is InChI=1S/C17H18.C14H10.C13H11N.C12H10S2.C10H8.C8H8S2.C8H8Se2.C7H11N.C6H8O.C6H8S.C6H8Se.C6H6.8C2H6/c1-11-5-7-13-14-8-6-12(2)10-16(14)17(3,4)15(13)9-11;1-2-6-12-10-14-8-4-3-7-13(14)9-11(12)5-1;1-14-12-8-4-2-6-10(12)11-7-3-5-9-13(11)14;1-7-3-9-5-12-10(4-8(2)14-12)6-11(9)13-7;1-2-6-10-8-4-3-7-9(10)5-1;2*1-5-3-7-8(9-5)4-6(2)10-7;1-6-4-5-7(2)8(6)3;3*1-5-3-4-6(2)7-5;1-2-4-6-5-3-1;8*1-2/h5-10H,1-4H3;1-10H;2-9H,1H3;3-6H,1-2H3;1-8H;2*3-4H,1-2H3;4-5H,1-3H3;3*3-4H,1-2H3;1-6H;8*1-2H3. The van der Waals surface area contributed by atoms with Gasteiger partial charge in [0, 0.05) is 101 Å². The minimum atomic E-state index is 0.142. The number of benzene rings is 11. The molecule has 0 radical (unpaired) electrons. The maximum atomic E-state index is 5.08. The van der Waals surface area contributed by atoms with Crippen LogP contribution in [0.15, 0.2) is 332 Å². The van der Waals surface area contributed by atoms with Crippen LogP contribution in [0, 0.1) is 111 Å². The van der Waals surface area contributed by atoms with Crippen LogP contribution in [0.4, 0.5) is 0 Å². The summed E-state index contributed by atoms with van der Waals surface area (Å²) in [4.78, 5) is 8.43. The van der Waals surface area contributed by atoms with E-state index in [1.54, 1.807) is 26.3 Å². The monoisotopic (exact) mass is 2150 g/mol. The van der Waals surface area contributed by atoms with Crippen LogP contribution in [0.2, 0.25) is 0 Å². The third-order valence-electron chi connectivity index (χ3n) is 21.3. The van der Waals surface area contributed by atoms with Gasteiger partial charge in [0.2, 0.25) is 0 Å². The molecule has 0 N–H and O–H groups in total. The molecular weight excluding hydrogens is 1990 g/mol. The van der Waals surface area contributed by atoms with E-state index in [4.69, 9.17) is 4.42 Å². The summed E-state index contributed by atoms with van der Waals surface area (Å²) in [6.07, 6.45) is 0. The second-order valence-electron chi connectivity index (χ2n) is 32.0. The fourth-order valence-electron chi connectivity index (χ4n) is 14.9. The number of thiophene rings is 5. The van der Waals surface area contributed by atoms with Crippen molar-refractivity contribution in [1.29, 1.82) is 0 Å². The zero-order chi connectivity index (χ0) is 104. The van der Waals surface area contributed by atoms with Gasteiger partial charge in [-0.2, -0.15) is 0 Å². The third kappa shape index (κ3) is 38.4. The number of hydrogen-bond donors (Lipinski definition) is 0. The number of para-hydroxylation sites is 2. The van der Waals surface area contributed by atoms with Crippen molar-refractivity contribution in [3.05, 3.63) is 420 Å². The van der Waals surface area contributed by atoms with Gasteiger partial charge in [-0.1, -0.05) is 342 Å². The molecule has 0 aliphatic heterocycles. The minimum Gasteiger partial charge on any atom is -0.467 e. The molecule has 0 saturated heterocycles. The van der Waals surface area contributed by atoms with Crippen LogP contribution in [0.1, 0.15) is 217 Å². The Hall–Kier alpha value is -9.90. The maximum Gasteiger partial charge on any atom is 0.101 e. The molecule has 22 aromatic rings. The van der Waals surface area contributed by atoms with E-state index in [1.165, 1.54) is 158 Å². The van der Waals surface area contributed by atoms with Crippen molar-refractivity contribution in [2.24, 2.45) is 14.1 Å². The van der Waals surface area contributed by atoms with E-state index < -0.39 is 0 Å². The van der Waals surface area contributed by atoms with E-state index in [-0.39, 0.29) is 5.41 Å². The summed E-state index contributed by atoms with van der Waals surface area (Å²) < 4.78 is 24.8. The van der Waals surface area contributed by atoms with Gasteiger partial charge in [0.25, 0.3) is 0 Å². The van der Waals surface area contributed by atoms with Crippen molar-refractivity contribution in [1.82, 2.24) is 9.13 Å². The molecule has 11 heteroatoms. The Balaban J connectivity index is 0.000000318. The van der Waals surface area contributed by atoms with Crippen LogP contribution in [0.3, 0.4) is 0 Å². The number of aromatic nitrogens is 2. The summed E-state index contributed by atoms with van der Waals surface area (Å²) in [5, 5.41) is 13.3. The van der Waals surface area contributed by atoms with Gasteiger partial charge in [0.05, 0.1) is 0 Å². The van der Waals surface area contributed by atoms with E-state index >= 15 is 0 Å². The Morgan fingerprint density at radius 1 is 0.229 bits per heavy atom. The van der Waals surface area contributed by atoms with Crippen LogP contribution >= 0.6 is 56.7 Å². The molecule has 0 bridgehead atoms. The summed E-state index contributed by atoms with van der Waals surface area (Å²) in [6, 6.07) is 116. The fourth-order valence-corrected chi connectivity index (χ4v) is 27.0. The Kier molecular flexibility index (Phi) is 57.7. The summed E-state index contributed by atoms with van der Waals surface area (Å²) >= 11 is 11.5. The molecule has 742 valence electrons. The van der Waals surface area contributed by atoms with E-state index in [2.05, 4.69) is 413 Å². The molecule has 140 heavy (non-hydrogen) atoms. The fraction of sp³-hybridized carbons (Fsp3) is 0.287. The van der Waals surface area contributed by atoms with Crippen molar-refractivity contribution in [3.8, 4) is 11.1 Å². The van der Waals surface area contributed by atoms with Crippen LogP contribution in [0.5, 0.6) is 0 Å². The van der Waals surface area contributed by atoms with Crippen molar-refractivity contribution >= 4 is 192 Å². The first-order valence-corrected chi connectivity index (χ1v) is 59.3. The molecule has 11 aromatic heterocycles. The zero-order valence-electron chi connectivity index (χ0n) is 91.2. The molecule has 3 nitrogen and oxygen atoms in total. The molecule has 0 spiro atoms. The van der Waals surface area contributed by atoms with Crippen molar-refractivity contribution in [3.63, 3.8) is 0 Å². The average Bonchev–Trinajstić information content (AvgIpc) is 1.58. The van der Waals surface area contributed by atoms with E-state index in [1.807, 2.05) is 230 Å². The van der Waals surface area contributed by atoms with Crippen LogP contribution in [0.25, 0.3) is 103 Å². The molecular formula is C129H162N2OS5Se3. The zero-order valence-corrected chi connectivity index (χ0v) is 100. The number of fused-ring (bicyclic) bond motifs is 13. The Bertz CT molecular complexity index is 6400. The first kappa shape index (κ1) is 122. The maximum absolute atomic E-state index is 5.08. The predicted octanol–water partition coefficient (Wildman–Crippen LogP) is 41.8. The first-order valence-electron chi connectivity index (χ1n) is 50.1. The molecule has 23 rings (SSSR count). The molecule has 0 saturated carbocycles. The molecule has 0 amide bonds. The van der Waals surface area contributed by atoms with Gasteiger partial charge in [-0.25, -0.2) is 0 Å². The molecule has 1 aliphatic carbocycles. The van der Waals surface area contributed by atoms with E-state index in [9.17, 15) is 0 Å². The second kappa shape index (κ2) is 66.0. The van der Waals surface area contributed by atoms with Gasteiger partial charge in [-0.05, 0) is 245 Å². The van der Waals surface area contributed by atoms with Gasteiger partial charge in [-0.3, -0.25) is 0 Å². The van der Waals surface area contributed by atoms with E-state index in [0.29, 0.717) is 43.5 Å².